The highest BCUT2D eigenvalue weighted by Crippen LogP contribution is 2.29. The van der Waals surface area contributed by atoms with Crippen LogP contribution in [0, 0.1) is 0 Å². The summed E-state index contributed by atoms with van der Waals surface area (Å²) >= 11 is 0. The summed E-state index contributed by atoms with van der Waals surface area (Å²) < 4.78 is 12.5. The van der Waals surface area contributed by atoms with Crippen LogP contribution in [0.5, 0.6) is 11.5 Å². The molecular formula is C22H19N3O3. The van der Waals surface area contributed by atoms with E-state index in [1.54, 1.807) is 50.9 Å². The van der Waals surface area contributed by atoms with Gasteiger partial charge in [0.05, 0.1) is 30.9 Å². The number of anilines is 1. The molecule has 0 unspecified atom stereocenters. The van der Waals surface area contributed by atoms with Gasteiger partial charge in [-0.3, -0.25) is 9.36 Å². The van der Waals surface area contributed by atoms with Crippen molar-refractivity contribution >= 4 is 22.6 Å². The number of amides is 1. The largest absolute Gasteiger partial charge is 0.497 e. The van der Waals surface area contributed by atoms with Crippen LogP contribution in [0.3, 0.4) is 0 Å². The monoisotopic (exact) mass is 373 g/mol. The number of rotatable bonds is 5. The van der Waals surface area contributed by atoms with E-state index in [2.05, 4.69) is 10.3 Å². The number of nitrogens with one attached hydrogen (secondary N) is 1. The molecule has 1 aromatic heterocycles. The van der Waals surface area contributed by atoms with Crippen LogP contribution in [0.2, 0.25) is 0 Å². The summed E-state index contributed by atoms with van der Waals surface area (Å²) in [7, 11) is 3.13. The molecule has 0 saturated heterocycles. The van der Waals surface area contributed by atoms with Crippen LogP contribution in [-0.4, -0.2) is 29.7 Å². The first kappa shape index (κ1) is 17.6. The van der Waals surface area contributed by atoms with E-state index in [1.165, 1.54) is 0 Å². The molecule has 0 fully saturated rings. The van der Waals surface area contributed by atoms with Crippen molar-refractivity contribution in [2.45, 2.75) is 0 Å². The van der Waals surface area contributed by atoms with Gasteiger partial charge in [-0.2, -0.15) is 0 Å². The Kier molecular flexibility index (Phi) is 4.68. The average molecular weight is 373 g/mol. The molecule has 1 heterocycles. The molecule has 0 bridgehead atoms. The number of hydrogen-bond acceptors (Lipinski definition) is 4. The molecule has 0 aliphatic carbocycles. The number of benzene rings is 3. The van der Waals surface area contributed by atoms with Gasteiger partial charge in [-0.25, -0.2) is 4.98 Å². The number of imidazole rings is 1. The minimum absolute atomic E-state index is 0.247. The van der Waals surface area contributed by atoms with Crippen LogP contribution in [0.4, 0.5) is 5.69 Å². The van der Waals surface area contributed by atoms with Gasteiger partial charge in [-0.05, 0) is 42.5 Å². The topological polar surface area (TPSA) is 65.4 Å². The Hall–Kier alpha value is -3.80. The van der Waals surface area contributed by atoms with Crippen molar-refractivity contribution in [3.8, 4) is 17.2 Å². The predicted octanol–water partition coefficient (Wildman–Crippen LogP) is 4.30. The number of hydrogen-bond donors (Lipinski definition) is 1. The lowest BCUT2D eigenvalue weighted by atomic mass is 10.1. The van der Waals surface area contributed by atoms with Gasteiger partial charge in [0, 0.05) is 17.3 Å². The second kappa shape index (κ2) is 7.44. The maximum atomic E-state index is 12.8. The van der Waals surface area contributed by atoms with E-state index in [0.717, 1.165) is 16.7 Å². The van der Waals surface area contributed by atoms with E-state index in [4.69, 9.17) is 9.47 Å². The van der Waals surface area contributed by atoms with E-state index >= 15 is 0 Å². The summed E-state index contributed by atoms with van der Waals surface area (Å²) in [6, 6.07) is 20.6. The third-order valence-corrected chi connectivity index (χ3v) is 4.50. The van der Waals surface area contributed by atoms with E-state index in [9.17, 15) is 4.79 Å². The summed E-state index contributed by atoms with van der Waals surface area (Å²) in [6.07, 6.45) is 1.76. The van der Waals surface area contributed by atoms with E-state index in [0.29, 0.717) is 22.7 Å². The van der Waals surface area contributed by atoms with Crippen molar-refractivity contribution in [3.05, 3.63) is 78.6 Å². The molecule has 0 atom stereocenters. The molecule has 4 aromatic rings. The molecule has 0 aliphatic rings. The zero-order valence-electron chi connectivity index (χ0n) is 15.5. The summed E-state index contributed by atoms with van der Waals surface area (Å²) in [4.78, 5) is 17.2. The smallest absolute Gasteiger partial charge is 0.255 e. The summed E-state index contributed by atoms with van der Waals surface area (Å²) in [6.45, 7) is 0. The fourth-order valence-corrected chi connectivity index (χ4v) is 3.05. The van der Waals surface area contributed by atoms with E-state index in [-0.39, 0.29) is 5.91 Å². The number of aromatic nitrogens is 2. The van der Waals surface area contributed by atoms with Crippen LogP contribution >= 0.6 is 0 Å². The van der Waals surface area contributed by atoms with E-state index < -0.39 is 0 Å². The number of carbonyl (C=O) groups is 1. The molecule has 3 aromatic carbocycles. The SMILES string of the molecule is COc1ccc(OC)c(NC(=O)c2ccc3c(c2)ncn3-c2ccccc2)c1. The van der Waals surface area contributed by atoms with Gasteiger partial charge in [0.2, 0.25) is 0 Å². The minimum Gasteiger partial charge on any atom is -0.497 e. The standard InChI is InChI=1S/C22H19N3O3/c1-27-17-9-11-21(28-2)19(13-17)24-22(26)15-8-10-20-18(12-15)23-14-25(20)16-6-4-3-5-7-16/h3-14H,1-2H3,(H,24,26). The predicted molar refractivity (Wildman–Crippen MR) is 109 cm³/mol. The van der Waals surface area contributed by atoms with Crippen LogP contribution in [0.15, 0.2) is 73.1 Å². The molecule has 28 heavy (non-hydrogen) atoms. The number of ether oxygens (including phenoxy) is 2. The quantitative estimate of drug-likeness (QED) is 0.567. The van der Waals surface area contributed by atoms with Crippen LogP contribution in [-0.2, 0) is 0 Å². The van der Waals surface area contributed by atoms with Gasteiger partial charge in [-0.1, -0.05) is 18.2 Å². The summed E-state index contributed by atoms with van der Waals surface area (Å²) in [5.41, 5.74) is 3.75. The van der Waals surface area contributed by atoms with Crippen molar-refractivity contribution in [2.75, 3.05) is 19.5 Å². The Morgan fingerprint density at radius 3 is 2.54 bits per heavy atom. The second-order valence-corrected chi connectivity index (χ2v) is 6.17. The van der Waals surface area contributed by atoms with Crippen LogP contribution < -0.4 is 14.8 Å². The first-order chi connectivity index (χ1) is 13.7. The maximum absolute atomic E-state index is 12.8. The average Bonchev–Trinajstić information content (AvgIpc) is 3.17. The number of para-hydroxylation sites is 1. The third-order valence-electron chi connectivity index (χ3n) is 4.50. The molecule has 6 nitrogen and oxygen atoms in total. The third kappa shape index (κ3) is 3.27. The summed E-state index contributed by atoms with van der Waals surface area (Å²) in [5, 5.41) is 2.88. The fraction of sp³-hybridized carbons (Fsp3) is 0.0909. The minimum atomic E-state index is -0.247. The Bertz CT molecular complexity index is 1140. The zero-order chi connectivity index (χ0) is 19.5. The van der Waals surface area contributed by atoms with Crippen LogP contribution in [0.25, 0.3) is 16.7 Å². The molecule has 4 rings (SSSR count). The lowest BCUT2D eigenvalue weighted by Crippen LogP contribution is -2.12. The zero-order valence-corrected chi connectivity index (χ0v) is 15.5. The van der Waals surface area contributed by atoms with Gasteiger partial charge < -0.3 is 14.8 Å². The molecule has 0 aliphatic heterocycles. The Morgan fingerprint density at radius 1 is 0.964 bits per heavy atom. The van der Waals surface area contributed by atoms with Crippen molar-refractivity contribution in [2.24, 2.45) is 0 Å². The van der Waals surface area contributed by atoms with Crippen molar-refractivity contribution in [1.29, 1.82) is 0 Å². The van der Waals surface area contributed by atoms with E-state index in [1.807, 2.05) is 41.0 Å². The first-order valence-electron chi connectivity index (χ1n) is 8.75. The summed E-state index contributed by atoms with van der Waals surface area (Å²) in [5.74, 6) is 0.944. The number of fused-ring (bicyclic) bond motifs is 1. The molecule has 140 valence electrons. The van der Waals surface area contributed by atoms with Gasteiger partial charge in [0.25, 0.3) is 5.91 Å². The number of carbonyl (C=O) groups excluding carboxylic acids is 1. The van der Waals surface area contributed by atoms with Crippen molar-refractivity contribution in [1.82, 2.24) is 9.55 Å². The Balaban J connectivity index is 1.64. The van der Waals surface area contributed by atoms with Crippen molar-refractivity contribution in [3.63, 3.8) is 0 Å². The van der Waals surface area contributed by atoms with Crippen LogP contribution in [0.1, 0.15) is 10.4 Å². The fourth-order valence-electron chi connectivity index (χ4n) is 3.05. The highest BCUT2D eigenvalue weighted by atomic mass is 16.5. The first-order valence-corrected chi connectivity index (χ1v) is 8.75. The second-order valence-electron chi connectivity index (χ2n) is 6.17. The maximum Gasteiger partial charge on any atom is 0.255 e. The highest BCUT2D eigenvalue weighted by Gasteiger charge is 2.13. The van der Waals surface area contributed by atoms with Gasteiger partial charge in [-0.15, -0.1) is 0 Å². The van der Waals surface area contributed by atoms with Gasteiger partial charge >= 0.3 is 0 Å². The normalized spacial score (nSPS) is 10.6. The number of methoxy groups -OCH3 is 2. The molecule has 1 amide bonds. The lowest BCUT2D eigenvalue weighted by molar-refractivity contribution is 0.102. The molecule has 0 radical (unpaired) electrons. The molecule has 0 saturated carbocycles. The molecule has 6 heteroatoms. The van der Waals surface area contributed by atoms with Crippen molar-refractivity contribution < 1.29 is 14.3 Å². The van der Waals surface area contributed by atoms with Gasteiger partial charge in [0.15, 0.2) is 0 Å². The molecular weight excluding hydrogens is 354 g/mol. The Morgan fingerprint density at radius 2 is 1.79 bits per heavy atom. The molecule has 0 spiro atoms. The van der Waals surface area contributed by atoms with Gasteiger partial charge in [0.1, 0.15) is 17.8 Å². The lowest BCUT2D eigenvalue weighted by Gasteiger charge is -2.12. The molecule has 1 N–H and O–H groups in total. The highest BCUT2D eigenvalue weighted by molar-refractivity contribution is 6.06. The number of nitrogens with zero attached hydrogens (tertiary/aromatic N) is 2. The Labute approximate surface area is 162 Å².